The van der Waals surface area contributed by atoms with Crippen LogP contribution in [0.5, 0.6) is 0 Å². The van der Waals surface area contributed by atoms with Gasteiger partial charge in [-0.05, 0) is 30.3 Å². The zero-order valence-corrected chi connectivity index (χ0v) is 9.61. The van der Waals surface area contributed by atoms with Crippen molar-refractivity contribution in [1.29, 1.82) is 0 Å². The van der Waals surface area contributed by atoms with Crippen LogP contribution in [-0.2, 0) is 0 Å². The second-order valence-electron chi connectivity index (χ2n) is 3.78. The summed E-state index contributed by atoms with van der Waals surface area (Å²) < 4.78 is 10.6. The number of hydrogen-bond donors (Lipinski definition) is 1. The van der Waals surface area contributed by atoms with E-state index in [4.69, 9.17) is 13.9 Å². The molecule has 94 valence electrons. The number of hydrogen-bond acceptors (Lipinski definition) is 5. The number of carboxylic acids is 1. The van der Waals surface area contributed by atoms with Gasteiger partial charge in [0.15, 0.2) is 5.76 Å². The molecule has 0 atom stereocenters. The van der Waals surface area contributed by atoms with Crippen molar-refractivity contribution in [1.82, 2.24) is 10.2 Å². The molecule has 19 heavy (non-hydrogen) atoms. The summed E-state index contributed by atoms with van der Waals surface area (Å²) in [5, 5.41) is 16.7. The molecule has 0 aliphatic rings. The maximum Gasteiger partial charge on any atom is 0.335 e. The van der Waals surface area contributed by atoms with E-state index in [-0.39, 0.29) is 17.3 Å². The molecule has 0 aliphatic carbocycles. The van der Waals surface area contributed by atoms with Crippen molar-refractivity contribution in [2.75, 3.05) is 0 Å². The van der Waals surface area contributed by atoms with E-state index in [1.807, 2.05) is 0 Å². The average Bonchev–Trinajstić information content (AvgIpc) is 3.09. The van der Waals surface area contributed by atoms with Crippen LogP contribution in [0.2, 0.25) is 0 Å². The van der Waals surface area contributed by atoms with Gasteiger partial charge in [0.25, 0.3) is 5.89 Å². The molecule has 6 nitrogen and oxygen atoms in total. The van der Waals surface area contributed by atoms with Crippen molar-refractivity contribution < 1.29 is 18.7 Å². The molecule has 2 heterocycles. The van der Waals surface area contributed by atoms with E-state index in [1.54, 1.807) is 24.3 Å². The van der Waals surface area contributed by atoms with Crippen LogP contribution in [0.1, 0.15) is 10.4 Å². The van der Waals surface area contributed by atoms with Crippen molar-refractivity contribution in [2.24, 2.45) is 0 Å². The van der Waals surface area contributed by atoms with E-state index in [2.05, 4.69) is 10.2 Å². The molecule has 6 heteroatoms. The molecule has 1 aromatic carbocycles. The highest BCUT2D eigenvalue weighted by molar-refractivity contribution is 5.88. The molecule has 0 fully saturated rings. The number of benzene rings is 1. The lowest BCUT2D eigenvalue weighted by Gasteiger charge is -1.96. The standard InChI is InChI=1S/C13H8N2O4/c16-13(17)9-4-1-3-8(7-9)11-14-15-12(19-11)10-5-2-6-18-10/h1-7H,(H,16,17). The van der Waals surface area contributed by atoms with E-state index >= 15 is 0 Å². The lowest BCUT2D eigenvalue weighted by molar-refractivity contribution is 0.0697. The summed E-state index contributed by atoms with van der Waals surface area (Å²) in [4.78, 5) is 10.9. The number of aromatic carboxylic acids is 1. The highest BCUT2D eigenvalue weighted by atomic mass is 16.4. The van der Waals surface area contributed by atoms with Crippen molar-refractivity contribution >= 4 is 5.97 Å². The predicted molar refractivity (Wildman–Crippen MR) is 64.4 cm³/mol. The van der Waals surface area contributed by atoms with Gasteiger partial charge in [-0.1, -0.05) is 6.07 Å². The van der Waals surface area contributed by atoms with Gasteiger partial charge in [0.05, 0.1) is 11.8 Å². The Balaban J connectivity index is 1.99. The van der Waals surface area contributed by atoms with Gasteiger partial charge < -0.3 is 13.9 Å². The lowest BCUT2D eigenvalue weighted by Crippen LogP contribution is -1.95. The molecule has 0 saturated heterocycles. The second-order valence-corrected chi connectivity index (χ2v) is 3.78. The molecule has 0 saturated carbocycles. The fourth-order valence-electron chi connectivity index (χ4n) is 1.62. The van der Waals surface area contributed by atoms with Crippen LogP contribution < -0.4 is 0 Å². The molecular weight excluding hydrogens is 248 g/mol. The second kappa shape index (κ2) is 4.41. The molecule has 0 amide bonds. The minimum absolute atomic E-state index is 0.162. The molecule has 0 bridgehead atoms. The monoisotopic (exact) mass is 256 g/mol. The Kier molecular flexibility index (Phi) is 2.60. The molecule has 3 aromatic rings. The first-order valence-corrected chi connectivity index (χ1v) is 5.45. The largest absolute Gasteiger partial charge is 0.478 e. The first-order chi connectivity index (χ1) is 9.24. The van der Waals surface area contributed by atoms with Gasteiger partial charge in [-0.15, -0.1) is 10.2 Å². The number of furan rings is 1. The number of aromatic nitrogens is 2. The van der Waals surface area contributed by atoms with Gasteiger partial charge in [0.1, 0.15) is 0 Å². The zero-order chi connectivity index (χ0) is 13.2. The molecule has 0 spiro atoms. The van der Waals surface area contributed by atoms with Crippen LogP contribution in [0, 0.1) is 0 Å². The summed E-state index contributed by atoms with van der Waals surface area (Å²) in [6.45, 7) is 0. The van der Waals surface area contributed by atoms with Crippen molar-refractivity contribution in [2.45, 2.75) is 0 Å². The van der Waals surface area contributed by atoms with Crippen molar-refractivity contribution in [3.05, 3.63) is 48.2 Å². The van der Waals surface area contributed by atoms with E-state index in [0.29, 0.717) is 11.3 Å². The molecule has 0 radical (unpaired) electrons. The Hall–Kier alpha value is -2.89. The van der Waals surface area contributed by atoms with Crippen LogP contribution in [0.25, 0.3) is 23.1 Å². The van der Waals surface area contributed by atoms with Crippen molar-refractivity contribution in [3.8, 4) is 23.1 Å². The topological polar surface area (TPSA) is 89.4 Å². The molecule has 0 unspecified atom stereocenters. The molecule has 3 rings (SSSR count). The molecule has 0 aliphatic heterocycles. The van der Waals surface area contributed by atoms with E-state index < -0.39 is 5.97 Å². The Morgan fingerprint density at radius 1 is 1.11 bits per heavy atom. The quantitative estimate of drug-likeness (QED) is 0.774. The summed E-state index contributed by atoms with van der Waals surface area (Å²) in [5.41, 5.74) is 0.709. The van der Waals surface area contributed by atoms with E-state index in [0.717, 1.165) is 0 Å². The van der Waals surface area contributed by atoms with Gasteiger partial charge in [0.2, 0.25) is 5.89 Å². The normalized spacial score (nSPS) is 10.5. The van der Waals surface area contributed by atoms with Gasteiger partial charge in [-0.3, -0.25) is 0 Å². The highest BCUT2D eigenvalue weighted by Crippen LogP contribution is 2.24. The maximum atomic E-state index is 10.9. The van der Waals surface area contributed by atoms with Crippen molar-refractivity contribution in [3.63, 3.8) is 0 Å². The van der Waals surface area contributed by atoms with Crippen LogP contribution in [0.3, 0.4) is 0 Å². The number of carbonyl (C=O) groups is 1. The highest BCUT2D eigenvalue weighted by Gasteiger charge is 2.13. The van der Waals surface area contributed by atoms with Crippen LogP contribution >= 0.6 is 0 Å². The summed E-state index contributed by atoms with van der Waals surface area (Å²) >= 11 is 0. The first-order valence-electron chi connectivity index (χ1n) is 5.45. The molecule has 2 aromatic heterocycles. The summed E-state index contributed by atoms with van der Waals surface area (Å²) in [6, 6.07) is 9.70. The third-order valence-corrected chi connectivity index (χ3v) is 2.51. The summed E-state index contributed by atoms with van der Waals surface area (Å²) in [5.74, 6) is -0.0454. The van der Waals surface area contributed by atoms with E-state index in [9.17, 15) is 4.79 Å². The minimum Gasteiger partial charge on any atom is -0.478 e. The van der Waals surface area contributed by atoms with Gasteiger partial charge >= 0.3 is 5.97 Å². The SMILES string of the molecule is O=C(O)c1cccc(-c2nnc(-c3ccco3)o2)c1. The molecule has 1 N–H and O–H groups in total. The number of carboxylic acid groups (broad SMARTS) is 1. The fourth-order valence-corrected chi connectivity index (χ4v) is 1.62. The smallest absolute Gasteiger partial charge is 0.335 e. The Morgan fingerprint density at radius 3 is 2.68 bits per heavy atom. The average molecular weight is 256 g/mol. The number of rotatable bonds is 3. The number of nitrogens with zero attached hydrogens (tertiary/aromatic N) is 2. The Bertz CT molecular complexity index is 716. The molecular formula is C13H8N2O4. The third kappa shape index (κ3) is 2.11. The fraction of sp³-hybridized carbons (Fsp3) is 0. The van der Waals surface area contributed by atoms with Gasteiger partial charge in [0, 0.05) is 5.56 Å². The third-order valence-electron chi connectivity index (χ3n) is 2.51. The summed E-state index contributed by atoms with van der Waals surface area (Å²) in [6.07, 6.45) is 1.50. The lowest BCUT2D eigenvalue weighted by atomic mass is 10.1. The van der Waals surface area contributed by atoms with Crippen LogP contribution in [0.15, 0.2) is 51.5 Å². The van der Waals surface area contributed by atoms with Crippen LogP contribution in [-0.4, -0.2) is 21.3 Å². The van der Waals surface area contributed by atoms with Gasteiger partial charge in [-0.25, -0.2) is 4.79 Å². The zero-order valence-electron chi connectivity index (χ0n) is 9.61. The summed E-state index contributed by atoms with van der Waals surface area (Å²) in [7, 11) is 0. The maximum absolute atomic E-state index is 10.9. The first kappa shape index (κ1) is 11.2. The van der Waals surface area contributed by atoms with Gasteiger partial charge in [-0.2, -0.15) is 0 Å². The van der Waals surface area contributed by atoms with Crippen LogP contribution in [0.4, 0.5) is 0 Å². The van der Waals surface area contributed by atoms with E-state index in [1.165, 1.54) is 18.4 Å². The Labute approximate surface area is 107 Å². The minimum atomic E-state index is -1.01. The Morgan fingerprint density at radius 2 is 1.95 bits per heavy atom. The predicted octanol–water partition coefficient (Wildman–Crippen LogP) is 2.69.